The van der Waals surface area contributed by atoms with Gasteiger partial charge in [0.15, 0.2) is 0 Å². The molecule has 1 aliphatic rings. The first-order valence-corrected chi connectivity index (χ1v) is 12.6. The molecule has 1 unspecified atom stereocenters. The van der Waals surface area contributed by atoms with Crippen molar-refractivity contribution in [2.75, 3.05) is 46.2 Å². The van der Waals surface area contributed by atoms with E-state index in [1.165, 1.54) is 24.3 Å². The minimum atomic E-state index is -1.15. The first-order valence-electron chi connectivity index (χ1n) is 12.6. The van der Waals surface area contributed by atoms with Crippen LogP contribution in [-0.2, 0) is 33.3 Å². The minimum Gasteiger partial charge on any atom is -0.460 e. The SMILES string of the molecule is CCCOCCOC(=O)C1=C(C)NC(COC(N)=O)=C(C(=O)OCCOCCC)C1c1cccc([N+](=O)[O-])c1. The standard InChI is InChI=1S/C26H35N3O10/c1-4-9-35-11-13-37-24(30)21-17(3)28-20(16-39-26(27)32)23(25(31)38-14-12-36-10-5-2)22(21)18-7-6-8-19(15-18)29(33)34/h6-8,15,22,28H,4-5,9-14,16H2,1-3H3,(H2,27,32). The van der Waals surface area contributed by atoms with Crippen LogP contribution in [0.1, 0.15) is 45.1 Å². The van der Waals surface area contributed by atoms with E-state index in [2.05, 4.69) is 5.32 Å². The van der Waals surface area contributed by atoms with Crippen LogP contribution >= 0.6 is 0 Å². The summed E-state index contributed by atoms with van der Waals surface area (Å²) >= 11 is 0. The van der Waals surface area contributed by atoms with Crippen LogP contribution in [0.2, 0.25) is 0 Å². The molecule has 0 saturated heterocycles. The number of dihydropyridines is 1. The number of esters is 2. The van der Waals surface area contributed by atoms with E-state index in [4.69, 9.17) is 29.4 Å². The lowest BCUT2D eigenvalue weighted by atomic mass is 9.80. The van der Waals surface area contributed by atoms with E-state index < -0.39 is 35.5 Å². The number of nitrogens with two attached hydrogens (primary N) is 1. The lowest BCUT2D eigenvalue weighted by molar-refractivity contribution is -0.384. The van der Waals surface area contributed by atoms with E-state index in [1.807, 2.05) is 13.8 Å². The number of hydrogen-bond acceptors (Lipinski definition) is 11. The monoisotopic (exact) mass is 549 g/mol. The minimum absolute atomic E-state index is 0.0306. The zero-order valence-corrected chi connectivity index (χ0v) is 22.4. The van der Waals surface area contributed by atoms with Crippen LogP contribution in [-0.4, -0.2) is 69.2 Å². The average molecular weight is 550 g/mol. The largest absolute Gasteiger partial charge is 0.460 e. The Balaban J connectivity index is 2.53. The quantitative estimate of drug-likeness (QED) is 0.102. The van der Waals surface area contributed by atoms with Crippen molar-refractivity contribution in [3.8, 4) is 0 Å². The van der Waals surface area contributed by atoms with Gasteiger partial charge in [0.25, 0.3) is 5.69 Å². The molecule has 0 radical (unpaired) electrons. The maximum Gasteiger partial charge on any atom is 0.404 e. The van der Waals surface area contributed by atoms with Gasteiger partial charge in [-0.25, -0.2) is 14.4 Å². The van der Waals surface area contributed by atoms with E-state index in [-0.39, 0.29) is 60.2 Å². The maximum atomic E-state index is 13.4. The molecule has 1 aromatic rings. The third kappa shape index (κ3) is 9.37. The number of allylic oxidation sites excluding steroid dienone is 1. The molecule has 0 aliphatic carbocycles. The molecule has 39 heavy (non-hydrogen) atoms. The van der Waals surface area contributed by atoms with E-state index >= 15 is 0 Å². The second-order valence-electron chi connectivity index (χ2n) is 8.45. The Morgan fingerprint density at radius 3 is 2.05 bits per heavy atom. The Hall–Kier alpha value is -3.97. The number of non-ortho nitro benzene ring substituents is 1. The van der Waals surface area contributed by atoms with Crippen molar-refractivity contribution in [3.05, 3.63) is 62.5 Å². The summed E-state index contributed by atoms with van der Waals surface area (Å²) in [5.41, 5.74) is 5.47. The number of primary amides is 1. The van der Waals surface area contributed by atoms with Crippen molar-refractivity contribution in [1.82, 2.24) is 5.32 Å². The predicted octanol–water partition coefficient (Wildman–Crippen LogP) is 2.84. The number of nitro benzene ring substituents is 1. The van der Waals surface area contributed by atoms with Gasteiger partial charge in [0.1, 0.15) is 19.8 Å². The number of hydrogen-bond donors (Lipinski definition) is 2. The van der Waals surface area contributed by atoms with Gasteiger partial charge in [-0.2, -0.15) is 0 Å². The number of benzene rings is 1. The molecular weight excluding hydrogens is 514 g/mol. The summed E-state index contributed by atoms with van der Waals surface area (Å²) in [7, 11) is 0. The number of carbonyl (C=O) groups is 3. The smallest absolute Gasteiger partial charge is 0.404 e. The highest BCUT2D eigenvalue weighted by atomic mass is 16.6. The van der Waals surface area contributed by atoms with Gasteiger partial charge in [0, 0.05) is 31.0 Å². The summed E-state index contributed by atoms with van der Waals surface area (Å²) < 4.78 is 26.5. The number of amides is 1. The second-order valence-corrected chi connectivity index (χ2v) is 8.45. The maximum absolute atomic E-state index is 13.4. The molecule has 0 saturated carbocycles. The highest BCUT2D eigenvalue weighted by Crippen LogP contribution is 2.40. The molecule has 1 aromatic carbocycles. The summed E-state index contributed by atoms with van der Waals surface area (Å²) in [6.45, 7) is 6.15. The number of nitro groups is 1. The van der Waals surface area contributed by atoms with Crippen LogP contribution in [0.5, 0.6) is 0 Å². The van der Waals surface area contributed by atoms with Crippen molar-refractivity contribution >= 4 is 23.7 Å². The molecule has 2 rings (SSSR count). The Kier molecular flexibility index (Phi) is 12.9. The Morgan fingerprint density at radius 2 is 1.51 bits per heavy atom. The zero-order chi connectivity index (χ0) is 28.8. The molecular formula is C26H35N3O10. The molecule has 0 aromatic heterocycles. The molecule has 214 valence electrons. The van der Waals surface area contributed by atoms with Crippen LogP contribution in [0, 0.1) is 10.1 Å². The van der Waals surface area contributed by atoms with Crippen molar-refractivity contribution in [2.24, 2.45) is 5.73 Å². The zero-order valence-electron chi connectivity index (χ0n) is 22.4. The number of ether oxygens (including phenoxy) is 5. The van der Waals surface area contributed by atoms with Gasteiger partial charge < -0.3 is 34.7 Å². The van der Waals surface area contributed by atoms with Crippen molar-refractivity contribution in [3.63, 3.8) is 0 Å². The molecule has 0 bridgehead atoms. The summed E-state index contributed by atoms with van der Waals surface area (Å²) in [6.07, 6.45) is 0.495. The van der Waals surface area contributed by atoms with Crippen LogP contribution in [0.15, 0.2) is 46.8 Å². The molecule has 13 nitrogen and oxygen atoms in total. The third-order valence-corrected chi connectivity index (χ3v) is 5.48. The van der Waals surface area contributed by atoms with Gasteiger partial charge in [-0.3, -0.25) is 10.1 Å². The fourth-order valence-electron chi connectivity index (χ4n) is 3.85. The number of nitrogens with zero attached hydrogens (tertiary/aromatic N) is 1. The summed E-state index contributed by atoms with van der Waals surface area (Å²) in [6, 6.07) is 5.52. The molecule has 1 atom stereocenters. The van der Waals surface area contributed by atoms with Crippen LogP contribution in [0.3, 0.4) is 0 Å². The second kappa shape index (κ2) is 16.1. The Morgan fingerprint density at radius 1 is 0.923 bits per heavy atom. The molecule has 1 amide bonds. The first-order chi connectivity index (χ1) is 18.7. The molecule has 1 heterocycles. The van der Waals surface area contributed by atoms with Gasteiger partial charge in [-0.1, -0.05) is 26.0 Å². The average Bonchev–Trinajstić information content (AvgIpc) is 2.90. The van der Waals surface area contributed by atoms with Crippen molar-refractivity contribution in [1.29, 1.82) is 0 Å². The summed E-state index contributed by atoms with van der Waals surface area (Å²) in [5.74, 6) is -2.75. The topological polar surface area (TPSA) is 179 Å². The number of carbonyl (C=O) groups excluding carboxylic acids is 3. The van der Waals surface area contributed by atoms with Gasteiger partial charge >= 0.3 is 18.0 Å². The van der Waals surface area contributed by atoms with Crippen LogP contribution in [0.4, 0.5) is 10.5 Å². The molecule has 0 spiro atoms. The lowest BCUT2D eigenvalue weighted by Crippen LogP contribution is -2.36. The number of rotatable bonds is 16. The fraction of sp³-hybridized carbons (Fsp3) is 0.500. The van der Waals surface area contributed by atoms with E-state index in [0.717, 1.165) is 12.8 Å². The molecule has 3 N–H and O–H groups in total. The van der Waals surface area contributed by atoms with E-state index in [9.17, 15) is 24.5 Å². The van der Waals surface area contributed by atoms with E-state index in [0.29, 0.717) is 13.2 Å². The van der Waals surface area contributed by atoms with Crippen molar-refractivity contribution < 1.29 is 43.0 Å². The first kappa shape index (κ1) is 31.2. The van der Waals surface area contributed by atoms with Gasteiger partial charge in [-0.15, -0.1) is 0 Å². The van der Waals surface area contributed by atoms with E-state index in [1.54, 1.807) is 6.92 Å². The summed E-state index contributed by atoms with van der Waals surface area (Å²) in [5, 5.41) is 14.4. The Bertz CT molecular complexity index is 1100. The predicted molar refractivity (Wildman–Crippen MR) is 138 cm³/mol. The highest BCUT2D eigenvalue weighted by Gasteiger charge is 2.39. The normalized spacial score (nSPS) is 15.0. The third-order valence-electron chi connectivity index (χ3n) is 5.48. The molecule has 13 heteroatoms. The highest BCUT2D eigenvalue weighted by molar-refractivity contribution is 6.00. The lowest BCUT2D eigenvalue weighted by Gasteiger charge is -2.31. The van der Waals surface area contributed by atoms with Gasteiger partial charge in [-0.05, 0) is 25.3 Å². The van der Waals surface area contributed by atoms with Crippen LogP contribution < -0.4 is 11.1 Å². The van der Waals surface area contributed by atoms with Crippen molar-refractivity contribution in [2.45, 2.75) is 39.5 Å². The van der Waals surface area contributed by atoms with Gasteiger partial charge in [0.05, 0.1) is 40.9 Å². The fourth-order valence-corrected chi connectivity index (χ4v) is 3.85. The Labute approximate surface area is 226 Å². The molecule has 1 aliphatic heterocycles. The molecule has 0 fully saturated rings. The number of nitrogens with one attached hydrogen (secondary N) is 1. The van der Waals surface area contributed by atoms with Gasteiger partial charge in [0.2, 0.25) is 0 Å². The van der Waals surface area contributed by atoms with Crippen LogP contribution in [0.25, 0.3) is 0 Å². The summed E-state index contributed by atoms with van der Waals surface area (Å²) in [4.78, 5) is 49.0.